The van der Waals surface area contributed by atoms with Gasteiger partial charge in [0.1, 0.15) is 5.57 Å². The summed E-state index contributed by atoms with van der Waals surface area (Å²) >= 11 is 0. The van der Waals surface area contributed by atoms with Crippen LogP contribution in [-0.2, 0) is 19.1 Å². The second-order valence-corrected chi connectivity index (χ2v) is 3.53. The van der Waals surface area contributed by atoms with Gasteiger partial charge in [0, 0.05) is 19.5 Å². The molecule has 2 rings (SSSR count). The lowest BCUT2D eigenvalue weighted by Crippen LogP contribution is -2.42. The minimum atomic E-state index is -0.551. The molecule has 0 amide bonds. The molecular weight excluding hydrogens is 198 g/mol. The van der Waals surface area contributed by atoms with E-state index in [1.54, 1.807) is 0 Å². The Bertz CT molecular complexity index is 334. The first-order chi connectivity index (χ1) is 7.24. The van der Waals surface area contributed by atoms with Gasteiger partial charge in [-0.3, -0.25) is 4.79 Å². The van der Waals surface area contributed by atoms with E-state index in [1.165, 1.54) is 7.11 Å². The minimum absolute atomic E-state index is 0.140. The predicted octanol–water partition coefficient (Wildman–Crippen LogP) is -0.282. The van der Waals surface area contributed by atoms with E-state index in [2.05, 4.69) is 4.74 Å². The molecule has 0 atom stereocenters. The molecule has 2 heterocycles. The third kappa shape index (κ3) is 1.74. The van der Waals surface area contributed by atoms with Crippen molar-refractivity contribution < 1.29 is 19.1 Å². The Hall–Kier alpha value is -1.36. The standard InChI is InChI=1S/C10H13NO4/c1-14-10(13)9-7-6-15-5-4-11(7)3-2-8(9)12/h2-6H2,1H3. The highest BCUT2D eigenvalue weighted by Crippen LogP contribution is 2.23. The van der Waals surface area contributed by atoms with Crippen LogP contribution in [0.4, 0.5) is 0 Å². The molecule has 0 saturated carbocycles. The molecule has 0 aromatic heterocycles. The number of rotatable bonds is 1. The number of hydrogen-bond donors (Lipinski definition) is 0. The molecule has 15 heavy (non-hydrogen) atoms. The van der Waals surface area contributed by atoms with Crippen LogP contribution >= 0.6 is 0 Å². The highest BCUT2D eigenvalue weighted by atomic mass is 16.5. The Morgan fingerprint density at radius 2 is 2.27 bits per heavy atom. The maximum Gasteiger partial charge on any atom is 0.343 e. The summed E-state index contributed by atoms with van der Waals surface area (Å²) in [4.78, 5) is 25.1. The van der Waals surface area contributed by atoms with Crippen LogP contribution in [-0.4, -0.2) is 50.1 Å². The predicted molar refractivity (Wildman–Crippen MR) is 51.1 cm³/mol. The summed E-state index contributed by atoms with van der Waals surface area (Å²) in [5, 5.41) is 0. The number of fused-ring (bicyclic) bond motifs is 1. The molecular formula is C10H13NO4. The van der Waals surface area contributed by atoms with E-state index in [-0.39, 0.29) is 11.4 Å². The van der Waals surface area contributed by atoms with E-state index in [0.29, 0.717) is 31.9 Å². The van der Waals surface area contributed by atoms with Crippen molar-refractivity contribution in [3.63, 3.8) is 0 Å². The lowest BCUT2D eigenvalue weighted by atomic mass is 10.0. The first-order valence-corrected chi connectivity index (χ1v) is 4.91. The van der Waals surface area contributed by atoms with Gasteiger partial charge >= 0.3 is 5.97 Å². The highest BCUT2D eigenvalue weighted by molar-refractivity contribution is 6.18. The van der Waals surface area contributed by atoms with Crippen LogP contribution in [0.5, 0.6) is 0 Å². The van der Waals surface area contributed by atoms with Crippen molar-refractivity contribution in [3.8, 4) is 0 Å². The number of ketones is 1. The fraction of sp³-hybridized carbons (Fsp3) is 0.600. The first-order valence-electron chi connectivity index (χ1n) is 4.91. The second kappa shape index (κ2) is 4.02. The van der Waals surface area contributed by atoms with Crippen molar-refractivity contribution in [1.82, 2.24) is 4.90 Å². The first kappa shape index (κ1) is 10.2. The molecule has 0 unspecified atom stereocenters. The van der Waals surface area contributed by atoms with Crippen LogP contribution in [0.15, 0.2) is 11.3 Å². The number of methoxy groups -OCH3 is 1. The van der Waals surface area contributed by atoms with Gasteiger partial charge in [-0.05, 0) is 0 Å². The van der Waals surface area contributed by atoms with Gasteiger partial charge in [0.15, 0.2) is 5.78 Å². The monoisotopic (exact) mass is 211 g/mol. The van der Waals surface area contributed by atoms with Gasteiger partial charge in [-0.15, -0.1) is 0 Å². The normalized spacial score (nSPS) is 21.4. The van der Waals surface area contributed by atoms with E-state index >= 15 is 0 Å². The number of carbonyl (C=O) groups excluding carboxylic acids is 2. The summed E-state index contributed by atoms with van der Waals surface area (Å²) in [6, 6.07) is 0. The largest absolute Gasteiger partial charge is 0.465 e. The average Bonchev–Trinajstić information content (AvgIpc) is 2.28. The Kier molecular flexibility index (Phi) is 2.73. The van der Waals surface area contributed by atoms with Crippen molar-refractivity contribution >= 4 is 11.8 Å². The lowest BCUT2D eigenvalue weighted by Gasteiger charge is -2.35. The average molecular weight is 211 g/mol. The van der Waals surface area contributed by atoms with Crippen molar-refractivity contribution in [2.45, 2.75) is 6.42 Å². The number of carbonyl (C=O) groups is 2. The van der Waals surface area contributed by atoms with Gasteiger partial charge in [-0.1, -0.05) is 0 Å². The molecule has 0 N–H and O–H groups in total. The van der Waals surface area contributed by atoms with E-state index in [1.807, 2.05) is 4.90 Å². The molecule has 0 aromatic carbocycles. The van der Waals surface area contributed by atoms with Crippen molar-refractivity contribution in [3.05, 3.63) is 11.3 Å². The van der Waals surface area contributed by atoms with E-state index in [0.717, 1.165) is 6.54 Å². The van der Waals surface area contributed by atoms with Gasteiger partial charge in [0.2, 0.25) is 0 Å². The van der Waals surface area contributed by atoms with Crippen molar-refractivity contribution in [2.24, 2.45) is 0 Å². The smallest absolute Gasteiger partial charge is 0.343 e. The molecule has 82 valence electrons. The molecule has 5 heteroatoms. The lowest BCUT2D eigenvalue weighted by molar-refractivity contribution is -0.138. The van der Waals surface area contributed by atoms with Crippen molar-refractivity contribution in [2.75, 3.05) is 33.4 Å². The van der Waals surface area contributed by atoms with E-state index in [4.69, 9.17) is 4.74 Å². The fourth-order valence-corrected chi connectivity index (χ4v) is 1.90. The summed E-state index contributed by atoms with van der Waals surface area (Å²) < 4.78 is 9.86. The van der Waals surface area contributed by atoms with Crippen LogP contribution in [0.25, 0.3) is 0 Å². The molecule has 0 radical (unpaired) electrons. The van der Waals surface area contributed by atoms with Crippen LogP contribution in [0.2, 0.25) is 0 Å². The summed E-state index contributed by atoms with van der Waals surface area (Å²) in [5.74, 6) is -0.691. The SMILES string of the molecule is COC(=O)C1=C2COCCN2CCC1=O. The number of Topliss-reactive ketones (excluding diaryl/α,β-unsaturated/α-hetero) is 1. The number of morpholine rings is 1. The van der Waals surface area contributed by atoms with Gasteiger partial charge in [-0.2, -0.15) is 0 Å². The number of nitrogens with zero attached hydrogens (tertiary/aromatic N) is 1. The number of esters is 1. The summed E-state index contributed by atoms with van der Waals surface area (Å²) in [5.41, 5.74) is 0.854. The molecule has 1 saturated heterocycles. The third-order valence-electron chi connectivity index (χ3n) is 2.69. The van der Waals surface area contributed by atoms with Crippen LogP contribution in [0.1, 0.15) is 6.42 Å². The van der Waals surface area contributed by atoms with Gasteiger partial charge in [-0.25, -0.2) is 4.79 Å². The molecule has 0 bridgehead atoms. The van der Waals surface area contributed by atoms with Gasteiger partial charge < -0.3 is 14.4 Å². The minimum Gasteiger partial charge on any atom is -0.465 e. The van der Waals surface area contributed by atoms with Crippen molar-refractivity contribution in [1.29, 1.82) is 0 Å². The third-order valence-corrected chi connectivity index (χ3v) is 2.69. The molecule has 0 spiro atoms. The molecule has 0 aromatic rings. The Morgan fingerprint density at radius 1 is 1.47 bits per heavy atom. The van der Waals surface area contributed by atoms with E-state index in [9.17, 15) is 9.59 Å². The van der Waals surface area contributed by atoms with Crippen LogP contribution in [0.3, 0.4) is 0 Å². The molecule has 0 aliphatic carbocycles. The maximum absolute atomic E-state index is 11.6. The highest BCUT2D eigenvalue weighted by Gasteiger charge is 2.32. The summed E-state index contributed by atoms with van der Waals surface area (Å²) in [6.45, 7) is 2.39. The molecule has 5 nitrogen and oxygen atoms in total. The quantitative estimate of drug-likeness (QED) is 0.441. The Morgan fingerprint density at radius 3 is 3.00 bits per heavy atom. The van der Waals surface area contributed by atoms with E-state index < -0.39 is 5.97 Å². The van der Waals surface area contributed by atoms with Crippen LogP contribution < -0.4 is 0 Å². The zero-order chi connectivity index (χ0) is 10.8. The summed E-state index contributed by atoms with van der Waals surface area (Å²) in [7, 11) is 1.28. The topological polar surface area (TPSA) is 55.8 Å². The molecule has 1 fully saturated rings. The van der Waals surface area contributed by atoms with Gasteiger partial charge in [0.05, 0.1) is 26.0 Å². The maximum atomic E-state index is 11.6. The zero-order valence-corrected chi connectivity index (χ0v) is 8.62. The zero-order valence-electron chi connectivity index (χ0n) is 8.62. The number of ether oxygens (including phenoxy) is 2. The molecule has 2 aliphatic heterocycles. The van der Waals surface area contributed by atoms with Gasteiger partial charge in [0.25, 0.3) is 0 Å². The molecule has 2 aliphatic rings. The second-order valence-electron chi connectivity index (χ2n) is 3.53. The Labute approximate surface area is 87.6 Å². The number of hydrogen-bond acceptors (Lipinski definition) is 5. The fourth-order valence-electron chi connectivity index (χ4n) is 1.90. The Balaban J connectivity index is 2.37. The summed E-state index contributed by atoms with van der Waals surface area (Å²) in [6.07, 6.45) is 0.383. The van der Waals surface area contributed by atoms with Crippen LogP contribution in [0, 0.1) is 0 Å².